The van der Waals surface area contributed by atoms with Crippen LogP contribution in [0.3, 0.4) is 0 Å². The first-order valence-corrected chi connectivity index (χ1v) is 6.72. The van der Waals surface area contributed by atoms with Crippen molar-refractivity contribution < 1.29 is 9.59 Å². The van der Waals surface area contributed by atoms with Crippen molar-refractivity contribution in [2.24, 2.45) is 5.92 Å². The van der Waals surface area contributed by atoms with Crippen molar-refractivity contribution in [1.29, 1.82) is 0 Å². The lowest BCUT2D eigenvalue weighted by atomic mass is 9.90. The maximum absolute atomic E-state index is 11.9. The van der Waals surface area contributed by atoms with E-state index < -0.39 is 0 Å². The molecule has 0 aromatic heterocycles. The number of carbonyl (C=O) groups is 2. The summed E-state index contributed by atoms with van der Waals surface area (Å²) in [6.45, 7) is 4.96. The minimum Gasteiger partial charge on any atom is -0.314 e. The van der Waals surface area contributed by atoms with Crippen LogP contribution < -0.4 is 5.32 Å². The van der Waals surface area contributed by atoms with Crippen molar-refractivity contribution in [2.45, 2.75) is 58.0 Å². The van der Waals surface area contributed by atoms with Crippen molar-refractivity contribution in [2.75, 3.05) is 6.54 Å². The standard InChI is InChI=1S/C13H22N2O2/c1-3-14-10-4-6-11(7-5-10)15-12(16)8-9(2)13(15)17/h9-11,14H,3-8H2,1-2H3. The van der Waals surface area contributed by atoms with Gasteiger partial charge in [0, 0.05) is 24.4 Å². The number of rotatable bonds is 3. The molecule has 2 rings (SSSR count). The van der Waals surface area contributed by atoms with E-state index in [4.69, 9.17) is 0 Å². The highest BCUT2D eigenvalue weighted by Gasteiger charge is 2.40. The predicted octanol–water partition coefficient (Wildman–Crippen LogP) is 1.30. The third-order valence-electron chi connectivity index (χ3n) is 3.96. The number of nitrogens with zero attached hydrogens (tertiary/aromatic N) is 1. The Balaban J connectivity index is 1.92. The van der Waals surface area contributed by atoms with Gasteiger partial charge in [-0.3, -0.25) is 14.5 Å². The number of amides is 2. The summed E-state index contributed by atoms with van der Waals surface area (Å²) in [6, 6.07) is 0.733. The van der Waals surface area contributed by atoms with Gasteiger partial charge in [-0.25, -0.2) is 0 Å². The zero-order valence-electron chi connectivity index (χ0n) is 10.7. The monoisotopic (exact) mass is 238 g/mol. The number of carbonyl (C=O) groups excluding carboxylic acids is 2. The second kappa shape index (κ2) is 5.17. The second-order valence-electron chi connectivity index (χ2n) is 5.27. The Hall–Kier alpha value is -0.900. The van der Waals surface area contributed by atoms with Gasteiger partial charge in [-0.2, -0.15) is 0 Å². The first-order valence-electron chi connectivity index (χ1n) is 6.72. The summed E-state index contributed by atoms with van der Waals surface area (Å²) in [5, 5.41) is 3.44. The summed E-state index contributed by atoms with van der Waals surface area (Å²) in [4.78, 5) is 25.3. The summed E-state index contributed by atoms with van der Waals surface area (Å²) in [7, 11) is 0. The number of imide groups is 1. The fourth-order valence-electron chi connectivity index (χ4n) is 3.02. The normalized spacial score (nSPS) is 34.5. The summed E-state index contributed by atoms with van der Waals surface area (Å²) < 4.78 is 0. The molecule has 1 atom stereocenters. The summed E-state index contributed by atoms with van der Waals surface area (Å²) >= 11 is 0. The molecule has 96 valence electrons. The number of hydrogen-bond donors (Lipinski definition) is 1. The summed E-state index contributed by atoms with van der Waals surface area (Å²) in [5.74, 6) is -0.0229. The molecule has 1 aliphatic carbocycles. The Morgan fingerprint density at radius 2 is 1.88 bits per heavy atom. The Morgan fingerprint density at radius 1 is 1.24 bits per heavy atom. The molecule has 0 radical (unpaired) electrons. The first kappa shape index (κ1) is 12.6. The van der Waals surface area contributed by atoms with Gasteiger partial charge in [0.25, 0.3) is 0 Å². The summed E-state index contributed by atoms with van der Waals surface area (Å²) in [5.41, 5.74) is 0. The van der Waals surface area contributed by atoms with E-state index in [9.17, 15) is 9.59 Å². The molecule has 2 aliphatic rings. The van der Waals surface area contributed by atoms with E-state index >= 15 is 0 Å². The van der Waals surface area contributed by atoms with Crippen LogP contribution in [0.2, 0.25) is 0 Å². The van der Waals surface area contributed by atoms with Crippen molar-refractivity contribution >= 4 is 11.8 Å². The highest BCUT2D eigenvalue weighted by atomic mass is 16.2. The molecule has 0 aromatic carbocycles. The molecule has 0 bridgehead atoms. The van der Waals surface area contributed by atoms with Gasteiger partial charge in [0.05, 0.1) is 0 Å². The zero-order chi connectivity index (χ0) is 12.4. The van der Waals surface area contributed by atoms with E-state index in [1.807, 2.05) is 6.92 Å². The van der Waals surface area contributed by atoms with Crippen LogP contribution >= 0.6 is 0 Å². The number of nitrogens with one attached hydrogen (secondary N) is 1. The van der Waals surface area contributed by atoms with Gasteiger partial charge in [0.2, 0.25) is 11.8 Å². The Labute approximate surface area is 103 Å². The second-order valence-corrected chi connectivity index (χ2v) is 5.27. The average Bonchev–Trinajstić information content (AvgIpc) is 2.55. The quantitative estimate of drug-likeness (QED) is 0.754. The van der Waals surface area contributed by atoms with E-state index in [-0.39, 0.29) is 23.8 Å². The van der Waals surface area contributed by atoms with E-state index in [1.54, 1.807) is 4.90 Å². The van der Waals surface area contributed by atoms with E-state index in [1.165, 1.54) is 0 Å². The van der Waals surface area contributed by atoms with Crippen LogP contribution in [-0.2, 0) is 9.59 Å². The maximum atomic E-state index is 11.9. The molecule has 17 heavy (non-hydrogen) atoms. The molecular formula is C13H22N2O2. The van der Waals surface area contributed by atoms with E-state index in [0.29, 0.717) is 12.5 Å². The van der Waals surface area contributed by atoms with Crippen LogP contribution in [0.25, 0.3) is 0 Å². The zero-order valence-corrected chi connectivity index (χ0v) is 10.7. The van der Waals surface area contributed by atoms with Gasteiger partial charge in [0.1, 0.15) is 0 Å². The Bertz CT molecular complexity index is 309. The molecular weight excluding hydrogens is 216 g/mol. The topological polar surface area (TPSA) is 49.4 Å². The van der Waals surface area contributed by atoms with Gasteiger partial charge >= 0.3 is 0 Å². The third kappa shape index (κ3) is 2.51. The molecule has 1 unspecified atom stereocenters. The highest BCUT2D eigenvalue weighted by Crippen LogP contribution is 2.29. The molecule has 1 heterocycles. The van der Waals surface area contributed by atoms with Crippen LogP contribution in [0.5, 0.6) is 0 Å². The molecule has 4 nitrogen and oxygen atoms in total. The molecule has 4 heteroatoms. The first-order chi connectivity index (χ1) is 8.13. The fraction of sp³-hybridized carbons (Fsp3) is 0.846. The molecule has 0 spiro atoms. The lowest BCUT2D eigenvalue weighted by Gasteiger charge is -2.33. The Morgan fingerprint density at radius 3 is 2.35 bits per heavy atom. The van der Waals surface area contributed by atoms with E-state index in [0.717, 1.165) is 32.2 Å². The van der Waals surface area contributed by atoms with Crippen molar-refractivity contribution in [3.05, 3.63) is 0 Å². The van der Waals surface area contributed by atoms with E-state index in [2.05, 4.69) is 12.2 Å². The SMILES string of the molecule is CCNC1CCC(N2C(=O)CC(C)C2=O)CC1. The molecule has 1 N–H and O–H groups in total. The summed E-state index contributed by atoms with van der Waals surface area (Å²) in [6.07, 6.45) is 4.48. The van der Waals surface area contributed by atoms with Crippen LogP contribution in [0, 0.1) is 5.92 Å². The molecule has 1 aliphatic heterocycles. The molecule has 2 fully saturated rings. The van der Waals surface area contributed by atoms with Gasteiger partial charge < -0.3 is 5.32 Å². The third-order valence-corrected chi connectivity index (χ3v) is 3.96. The Kier molecular flexibility index (Phi) is 3.82. The largest absolute Gasteiger partial charge is 0.314 e. The van der Waals surface area contributed by atoms with Gasteiger partial charge in [-0.15, -0.1) is 0 Å². The maximum Gasteiger partial charge on any atom is 0.232 e. The predicted molar refractivity (Wildman–Crippen MR) is 65.4 cm³/mol. The molecule has 1 saturated heterocycles. The minimum atomic E-state index is -0.103. The van der Waals surface area contributed by atoms with Crippen molar-refractivity contribution in [3.63, 3.8) is 0 Å². The van der Waals surface area contributed by atoms with Crippen LogP contribution in [0.4, 0.5) is 0 Å². The number of hydrogen-bond acceptors (Lipinski definition) is 3. The van der Waals surface area contributed by atoms with Gasteiger partial charge in [-0.1, -0.05) is 13.8 Å². The van der Waals surface area contributed by atoms with Gasteiger partial charge in [-0.05, 0) is 32.2 Å². The molecule has 1 saturated carbocycles. The average molecular weight is 238 g/mol. The lowest BCUT2D eigenvalue weighted by molar-refractivity contribution is -0.142. The van der Waals surface area contributed by atoms with Gasteiger partial charge in [0.15, 0.2) is 0 Å². The van der Waals surface area contributed by atoms with Crippen molar-refractivity contribution in [3.8, 4) is 0 Å². The van der Waals surface area contributed by atoms with Crippen LogP contribution in [0.15, 0.2) is 0 Å². The smallest absolute Gasteiger partial charge is 0.232 e. The van der Waals surface area contributed by atoms with Crippen LogP contribution in [-0.4, -0.2) is 35.3 Å². The highest BCUT2D eigenvalue weighted by molar-refractivity contribution is 6.03. The molecule has 0 aromatic rings. The fourth-order valence-corrected chi connectivity index (χ4v) is 3.02. The van der Waals surface area contributed by atoms with Crippen molar-refractivity contribution in [1.82, 2.24) is 10.2 Å². The molecule has 2 amide bonds. The minimum absolute atomic E-state index is 0.0365. The van der Waals surface area contributed by atoms with Crippen LogP contribution in [0.1, 0.15) is 46.0 Å². The number of likely N-dealkylation sites (tertiary alicyclic amines) is 1. The lowest BCUT2D eigenvalue weighted by Crippen LogP contribution is -2.45.